The van der Waals surface area contributed by atoms with Gasteiger partial charge in [-0.25, -0.2) is 8.42 Å². The Labute approximate surface area is 158 Å². The van der Waals surface area contributed by atoms with Gasteiger partial charge in [0.15, 0.2) is 0 Å². The summed E-state index contributed by atoms with van der Waals surface area (Å²) in [6.45, 7) is 2.39. The van der Waals surface area contributed by atoms with Gasteiger partial charge in [-0.3, -0.25) is 15.0 Å². The fourth-order valence-corrected chi connectivity index (χ4v) is 5.39. The molecule has 1 atom stereocenters. The Morgan fingerprint density at radius 1 is 1.19 bits per heavy atom. The van der Waals surface area contributed by atoms with Gasteiger partial charge in [0, 0.05) is 44.0 Å². The van der Waals surface area contributed by atoms with E-state index in [0.717, 1.165) is 30.1 Å². The first-order chi connectivity index (χ1) is 12.6. The largest absolute Gasteiger partial charge is 0.501 e. The second-order valence-electron chi connectivity index (χ2n) is 6.40. The predicted octanol–water partition coefficient (Wildman–Crippen LogP) is 2.52. The summed E-state index contributed by atoms with van der Waals surface area (Å²) in [5, 5.41) is 11.4. The lowest BCUT2D eigenvalue weighted by molar-refractivity contribution is -0.384. The maximum Gasteiger partial charge on any atom is 0.501 e. The van der Waals surface area contributed by atoms with Crippen LogP contribution < -0.4 is 4.90 Å². The molecule has 0 bridgehead atoms. The van der Waals surface area contributed by atoms with Crippen LogP contribution in [0.1, 0.15) is 6.42 Å². The van der Waals surface area contributed by atoms with Gasteiger partial charge in [-0.1, -0.05) is 0 Å². The summed E-state index contributed by atoms with van der Waals surface area (Å²) in [5.41, 5.74) is -6.00. The monoisotopic (exact) mass is 425 g/mol. The molecule has 1 aromatic carbocycles. The van der Waals surface area contributed by atoms with Crippen LogP contribution in [0, 0.1) is 10.1 Å². The summed E-state index contributed by atoms with van der Waals surface area (Å²) in [7, 11) is -5.63. The van der Waals surface area contributed by atoms with Crippen LogP contribution in [0.4, 0.5) is 24.5 Å². The standard InChI is InChI=1S/C15H18F3N3O4S2/c16-15(17,18)27(24,25)12-1-2-13(14(9-12)21(22)23)20-6-4-19(5-7-20)11-3-8-26-10-11/h1-2,9,11H,3-8,10H2/t11-/m0/s1. The number of hydrogen-bond acceptors (Lipinski definition) is 7. The van der Waals surface area contributed by atoms with Crippen LogP contribution in [0.15, 0.2) is 23.1 Å². The number of nitro benzene ring substituents is 1. The van der Waals surface area contributed by atoms with Crippen molar-refractivity contribution in [3.63, 3.8) is 0 Å². The van der Waals surface area contributed by atoms with E-state index in [0.29, 0.717) is 38.3 Å². The quantitative estimate of drug-likeness (QED) is 0.541. The fraction of sp³-hybridized carbons (Fsp3) is 0.600. The maximum atomic E-state index is 12.7. The van der Waals surface area contributed by atoms with Crippen molar-refractivity contribution >= 4 is 33.0 Å². The van der Waals surface area contributed by atoms with Gasteiger partial charge in [-0.05, 0) is 24.3 Å². The summed E-state index contributed by atoms with van der Waals surface area (Å²) < 4.78 is 61.2. The minimum atomic E-state index is -5.63. The number of alkyl halides is 3. The van der Waals surface area contributed by atoms with Crippen molar-refractivity contribution in [1.82, 2.24) is 4.90 Å². The number of sulfone groups is 1. The molecule has 2 aliphatic heterocycles. The van der Waals surface area contributed by atoms with Gasteiger partial charge < -0.3 is 4.90 Å². The lowest BCUT2D eigenvalue weighted by atomic mass is 10.1. The van der Waals surface area contributed by atoms with Gasteiger partial charge >= 0.3 is 5.51 Å². The number of halogens is 3. The first kappa shape index (κ1) is 20.2. The zero-order chi connectivity index (χ0) is 19.8. The molecule has 0 aliphatic carbocycles. The highest BCUT2D eigenvalue weighted by molar-refractivity contribution is 7.99. The minimum absolute atomic E-state index is 0.140. The topological polar surface area (TPSA) is 83.8 Å². The van der Waals surface area contributed by atoms with E-state index in [1.165, 1.54) is 0 Å². The fourth-order valence-electron chi connectivity index (χ4n) is 3.36. The van der Waals surface area contributed by atoms with E-state index in [1.807, 2.05) is 11.8 Å². The van der Waals surface area contributed by atoms with Crippen LogP contribution in [0.5, 0.6) is 0 Å². The molecule has 0 N–H and O–H groups in total. The highest BCUT2D eigenvalue weighted by Gasteiger charge is 2.47. The van der Waals surface area contributed by atoms with Crippen molar-refractivity contribution in [2.75, 3.05) is 42.6 Å². The number of nitrogens with zero attached hydrogens (tertiary/aromatic N) is 3. The molecule has 0 amide bonds. The Hall–Kier alpha value is -1.53. The Kier molecular flexibility index (Phi) is 5.59. The van der Waals surface area contributed by atoms with E-state index in [9.17, 15) is 31.7 Å². The minimum Gasteiger partial charge on any atom is -0.363 e. The molecule has 150 valence electrons. The Balaban J connectivity index is 1.83. The number of rotatable bonds is 4. The highest BCUT2D eigenvalue weighted by Crippen LogP contribution is 2.36. The van der Waals surface area contributed by atoms with Crippen molar-refractivity contribution in [3.8, 4) is 0 Å². The Morgan fingerprint density at radius 3 is 2.37 bits per heavy atom. The summed E-state index contributed by atoms with van der Waals surface area (Å²) in [4.78, 5) is 13.4. The van der Waals surface area contributed by atoms with Crippen molar-refractivity contribution in [1.29, 1.82) is 0 Å². The van der Waals surface area contributed by atoms with E-state index in [2.05, 4.69) is 4.90 Å². The third-order valence-corrected chi connectivity index (χ3v) is 7.46. The molecule has 7 nitrogen and oxygen atoms in total. The average molecular weight is 425 g/mol. The van der Waals surface area contributed by atoms with E-state index < -0.39 is 30.9 Å². The third kappa shape index (κ3) is 4.02. The smallest absolute Gasteiger partial charge is 0.363 e. The lowest BCUT2D eigenvalue weighted by Gasteiger charge is -2.38. The van der Waals surface area contributed by atoms with Crippen LogP contribution in [0.25, 0.3) is 0 Å². The predicted molar refractivity (Wildman–Crippen MR) is 95.9 cm³/mol. The first-order valence-electron chi connectivity index (χ1n) is 8.28. The Morgan fingerprint density at radius 2 is 1.85 bits per heavy atom. The molecule has 0 saturated carbocycles. The van der Waals surface area contributed by atoms with E-state index in [-0.39, 0.29) is 5.69 Å². The van der Waals surface area contributed by atoms with Gasteiger partial charge in [0.2, 0.25) is 0 Å². The van der Waals surface area contributed by atoms with Crippen molar-refractivity contribution in [2.24, 2.45) is 0 Å². The average Bonchev–Trinajstić information content (AvgIpc) is 3.15. The maximum absolute atomic E-state index is 12.7. The Bertz CT molecular complexity index is 818. The molecule has 1 aromatic rings. The van der Waals surface area contributed by atoms with Crippen LogP contribution in [-0.4, -0.2) is 67.5 Å². The molecule has 2 heterocycles. The molecule has 2 saturated heterocycles. The lowest BCUT2D eigenvalue weighted by Crippen LogP contribution is -2.50. The number of benzene rings is 1. The van der Waals surface area contributed by atoms with Gasteiger partial charge in [-0.15, -0.1) is 0 Å². The number of hydrogen-bond donors (Lipinski definition) is 0. The molecule has 0 unspecified atom stereocenters. The van der Waals surface area contributed by atoms with Gasteiger partial charge in [0.05, 0.1) is 9.82 Å². The molecule has 0 radical (unpaired) electrons. The zero-order valence-electron chi connectivity index (χ0n) is 14.2. The van der Waals surface area contributed by atoms with Gasteiger partial charge in [0.25, 0.3) is 15.5 Å². The summed E-state index contributed by atoms with van der Waals surface area (Å²) in [6, 6.07) is 2.87. The second kappa shape index (κ2) is 7.47. The van der Waals surface area contributed by atoms with Gasteiger partial charge in [-0.2, -0.15) is 24.9 Å². The van der Waals surface area contributed by atoms with E-state index >= 15 is 0 Å². The van der Waals surface area contributed by atoms with Crippen molar-refractivity contribution in [2.45, 2.75) is 22.9 Å². The molecule has 0 aromatic heterocycles. The number of piperazine rings is 1. The normalized spacial score (nSPS) is 22.2. The SMILES string of the molecule is O=[N+]([O-])c1cc(S(=O)(=O)C(F)(F)F)ccc1N1CCN([C@H]2CCSC2)CC1. The zero-order valence-corrected chi connectivity index (χ0v) is 15.8. The molecule has 12 heteroatoms. The van der Waals surface area contributed by atoms with Crippen molar-refractivity contribution < 1.29 is 26.5 Å². The highest BCUT2D eigenvalue weighted by atomic mass is 32.2. The number of nitro groups is 1. The van der Waals surface area contributed by atoms with E-state index in [4.69, 9.17) is 0 Å². The summed E-state index contributed by atoms with van der Waals surface area (Å²) in [6.07, 6.45) is 1.11. The van der Waals surface area contributed by atoms with Crippen molar-refractivity contribution in [3.05, 3.63) is 28.3 Å². The first-order valence-corrected chi connectivity index (χ1v) is 10.9. The molecule has 0 spiro atoms. The summed E-state index contributed by atoms with van der Waals surface area (Å²) >= 11 is 1.89. The van der Waals surface area contributed by atoms with Crippen LogP contribution >= 0.6 is 11.8 Å². The molecular weight excluding hydrogens is 407 g/mol. The number of anilines is 1. The van der Waals surface area contributed by atoms with Gasteiger partial charge in [0.1, 0.15) is 5.69 Å². The molecule has 27 heavy (non-hydrogen) atoms. The van der Waals surface area contributed by atoms with Crippen LogP contribution in [-0.2, 0) is 9.84 Å². The van der Waals surface area contributed by atoms with E-state index in [1.54, 1.807) is 4.90 Å². The summed E-state index contributed by atoms with van der Waals surface area (Å²) in [5.74, 6) is 2.18. The molecule has 3 rings (SSSR count). The van der Waals surface area contributed by atoms with Crippen LogP contribution in [0.3, 0.4) is 0 Å². The molecular formula is C15H18F3N3O4S2. The van der Waals surface area contributed by atoms with Crippen LogP contribution in [0.2, 0.25) is 0 Å². The third-order valence-electron chi connectivity index (χ3n) is 4.84. The molecule has 2 fully saturated rings. The molecule has 2 aliphatic rings. The number of thioether (sulfide) groups is 1. The second-order valence-corrected chi connectivity index (χ2v) is 9.49.